The van der Waals surface area contributed by atoms with E-state index in [1.165, 1.54) is 0 Å². The highest BCUT2D eigenvalue weighted by atomic mass is 16.5. The molecule has 1 atom stereocenters. The smallest absolute Gasteiger partial charge is 0.126 e. The topological polar surface area (TPSA) is 47.7 Å². The van der Waals surface area contributed by atoms with Crippen LogP contribution in [-0.2, 0) is 6.42 Å². The molecule has 4 heteroatoms. The molecular formula is C14H24N2O2. The summed E-state index contributed by atoms with van der Waals surface area (Å²) in [7, 11) is 5.71. The molecular weight excluding hydrogens is 228 g/mol. The zero-order chi connectivity index (χ0) is 13.5. The molecule has 1 rings (SSSR count). The van der Waals surface area contributed by atoms with Crippen molar-refractivity contribution in [1.82, 2.24) is 4.90 Å². The molecule has 0 saturated heterocycles. The van der Waals surface area contributed by atoms with Gasteiger partial charge in [0.15, 0.2) is 0 Å². The molecule has 0 aliphatic heterocycles. The minimum atomic E-state index is 0.120. The normalized spacial score (nSPS) is 12.6. The van der Waals surface area contributed by atoms with Crippen molar-refractivity contribution < 1.29 is 9.47 Å². The van der Waals surface area contributed by atoms with Crippen LogP contribution in [0.4, 0.5) is 0 Å². The molecule has 18 heavy (non-hydrogen) atoms. The average molecular weight is 252 g/mol. The molecule has 0 aliphatic rings. The summed E-state index contributed by atoms with van der Waals surface area (Å²) in [5.74, 6) is 1.68. The molecule has 0 aromatic heterocycles. The summed E-state index contributed by atoms with van der Waals surface area (Å²) >= 11 is 0. The molecule has 0 saturated carbocycles. The summed E-state index contributed by atoms with van der Waals surface area (Å²) in [5.41, 5.74) is 6.97. The van der Waals surface area contributed by atoms with Gasteiger partial charge in [-0.25, -0.2) is 0 Å². The number of nitrogens with two attached hydrogens (primary N) is 1. The van der Waals surface area contributed by atoms with Gasteiger partial charge in [-0.3, -0.25) is 0 Å². The molecule has 0 amide bonds. The number of methoxy groups -OCH3 is 1. The molecule has 1 unspecified atom stereocenters. The second kappa shape index (κ2) is 7.24. The van der Waals surface area contributed by atoms with Crippen LogP contribution < -0.4 is 15.2 Å². The summed E-state index contributed by atoms with van der Waals surface area (Å²) in [6, 6.07) is 6.01. The number of likely N-dealkylation sites (N-methyl/N-ethyl adjacent to an activating group) is 1. The number of benzene rings is 1. The van der Waals surface area contributed by atoms with E-state index in [2.05, 4.69) is 4.90 Å². The third kappa shape index (κ3) is 4.94. The lowest BCUT2D eigenvalue weighted by molar-refractivity contribution is 0.258. The van der Waals surface area contributed by atoms with Crippen molar-refractivity contribution in [1.29, 1.82) is 0 Å². The second-order valence-electron chi connectivity index (χ2n) is 4.81. The van der Waals surface area contributed by atoms with Gasteiger partial charge in [-0.2, -0.15) is 0 Å². The first kappa shape index (κ1) is 14.8. The van der Waals surface area contributed by atoms with E-state index in [0.717, 1.165) is 30.0 Å². The number of hydrogen-bond donors (Lipinski definition) is 1. The summed E-state index contributed by atoms with van der Waals surface area (Å²) in [5, 5.41) is 0. The quantitative estimate of drug-likeness (QED) is 0.799. The summed E-state index contributed by atoms with van der Waals surface area (Å²) in [6.45, 7) is 3.54. The van der Waals surface area contributed by atoms with Crippen LogP contribution in [0.25, 0.3) is 0 Å². The van der Waals surface area contributed by atoms with Crippen LogP contribution in [0.3, 0.4) is 0 Å². The van der Waals surface area contributed by atoms with E-state index < -0.39 is 0 Å². The molecule has 1 aromatic rings. The number of rotatable bonds is 7. The van der Waals surface area contributed by atoms with Gasteiger partial charge in [0.1, 0.15) is 18.1 Å². The summed E-state index contributed by atoms with van der Waals surface area (Å²) < 4.78 is 11.0. The first-order valence-corrected chi connectivity index (χ1v) is 6.23. The molecule has 1 aromatic carbocycles. The lowest BCUT2D eigenvalue weighted by Crippen LogP contribution is -2.21. The largest absolute Gasteiger partial charge is 0.497 e. The van der Waals surface area contributed by atoms with E-state index in [0.29, 0.717) is 6.61 Å². The minimum Gasteiger partial charge on any atom is -0.497 e. The van der Waals surface area contributed by atoms with Crippen LogP contribution >= 0.6 is 0 Å². The first-order valence-electron chi connectivity index (χ1n) is 6.23. The Morgan fingerprint density at radius 1 is 1.33 bits per heavy atom. The molecule has 0 radical (unpaired) electrons. The monoisotopic (exact) mass is 252 g/mol. The first-order chi connectivity index (χ1) is 8.52. The minimum absolute atomic E-state index is 0.120. The van der Waals surface area contributed by atoms with E-state index in [1.54, 1.807) is 7.11 Å². The van der Waals surface area contributed by atoms with Gasteiger partial charge in [0.25, 0.3) is 0 Å². The zero-order valence-corrected chi connectivity index (χ0v) is 11.8. The van der Waals surface area contributed by atoms with Crippen molar-refractivity contribution in [2.45, 2.75) is 19.4 Å². The average Bonchev–Trinajstić information content (AvgIpc) is 2.30. The van der Waals surface area contributed by atoms with Crippen molar-refractivity contribution in [3.8, 4) is 11.5 Å². The molecule has 4 nitrogen and oxygen atoms in total. The summed E-state index contributed by atoms with van der Waals surface area (Å²) in [6.07, 6.45) is 0.807. The van der Waals surface area contributed by atoms with Gasteiger partial charge in [0.05, 0.1) is 7.11 Å². The fraction of sp³-hybridized carbons (Fsp3) is 0.571. The maximum Gasteiger partial charge on any atom is 0.126 e. The number of hydrogen-bond acceptors (Lipinski definition) is 4. The van der Waals surface area contributed by atoms with Gasteiger partial charge >= 0.3 is 0 Å². The number of ether oxygens (including phenoxy) is 2. The van der Waals surface area contributed by atoms with Gasteiger partial charge in [-0.05, 0) is 39.1 Å². The predicted molar refractivity (Wildman–Crippen MR) is 74.4 cm³/mol. The van der Waals surface area contributed by atoms with E-state index in [4.69, 9.17) is 15.2 Å². The highest BCUT2D eigenvalue weighted by Gasteiger charge is 2.08. The fourth-order valence-corrected chi connectivity index (χ4v) is 1.65. The van der Waals surface area contributed by atoms with Crippen molar-refractivity contribution in [3.05, 3.63) is 23.8 Å². The Kier molecular flexibility index (Phi) is 5.95. The third-order valence-electron chi connectivity index (χ3n) is 2.61. The van der Waals surface area contributed by atoms with Crippen LogP contribution in [0, 0.1) is 0 Å². The maximum atomic E-state index is 5.85. The Morgan fingerprint density at radius 3 is 2.61 bits per heavy atom. The third-order valence-corrected chi connectivity index (χ3v) is 2.61. The molecule has 102 valence electrons. The van der Waals surface area contributed by atoms with Gasteiger partial charge < -0.3 is 20.1 Å². The van der Waals surface area contributed by atoms with Crippen LogP contribution in [-0.4, -0.2) is 45.3 Å². The number of nitrogens with zero attached hydrogens (tertiary/aromatic N) is 1. The van der Waals surface area contributed by atoms with Gasteiger partial charge in [-0.15, -0.1) is 0 Å². The van der Waals surface area contributed by atoms with Crippen LogP contribution in [0.1, 0.15) is 12.5 Å². The SMILES string of the molecule is COc1ccc(CC(C)N)c(OCCN(C)C)c1. The molecule has 0 heterocycles. The van der Waals surface area contributed by atoms with Crippen molar-refractivity contribution in [2.24, 2.45) is 5.73 Å². The van der Waals surface area contributed by atoms with Gasteiger partial charge in [0, 0.05) is 18.7 Å². The molecule has 0 bridgehead atoms. The lowest BCUT2D eigenvalue weighted by Gasteiger charge is -2.16. The maximum absolute atomic E-state index is 5.85. The van der Waals surface area contributed by atoms with E-state index in [1.807, 2.05) is 39.2 Å². The van der Waals surface area contributed by atoms with Gasteiger partial charge in [0.2, 0.25) is 0 Å². The summed E-state index contributed by atoms with van der Waals surface area (Å²) in [4.78, 5) is 2.09. The van der Waals surface area contributed by atoms with E-state index in [9.17, 15) is 0 Å². The van der Waals surface area contributed by atoms with Crippen LogP contribution in [0.5, 0.6) is 11.5 Å². The Morgan fingerprint density at radius 2 is 2.06 bits per heavy atom. The van der Waals surface area contributed by atoms with Crippen molar-refractivity contribution in [3.63, 3.8) is 0 Å². The highest BCUT2D eigenvalue weighted by Crippen LogP contribution is 2.25. The molecule has 2 N–H and O–H groups in total. The zero-order valence-electron chi connectivity index (χ0n) is 11.8. The Hall–Kier alpha value is -1.26. The van der Waals surface area contributed by atoms with E-state index in [-0.39, 0.29) is 6.04 Å². The van der Waals surface area contributed by atoms with Crippen molar-refractivity contribution in [2.75, 3.05) is 34.4 Å². The molecule has 0 spiro atoms. The van der Waals surface area contributed by atoms with Crippen molar-refractivity contribution >= 4 is 0 Å². The molecule has 0 fully saturated rings. The van der Waals surface area contributed by atoms with Gasteiger partial charge in [-0.1, -0.05) is 6.07 Å². The van der Waals surface area contributed by atoms with E-state index >= 15 is 0 Å². The highest BCUT2D eigenvalue weighted by molar-refractivity contribution is 5.41. The predicted octanol–water partition coefficient (Wildman–Crippen LogP) is 1.53. The second-order valence-corrected chi connectivity index (χ2v) is 4.81. The molecule has 0 aliphatic carbocycles. The fourth-order valence-electron chi connectivity index (χ4n) is 1.65. The Bertz CT molecular complexity index is 365. The van der Waals surface area contributed by atoms with Crippen LogP contribution in [0.2, 0.25) is 0 Å². The standard InChI is InChI=1S/C14H24N2O2/c1-11(15)9-12-5-6-13(17-4)10-14(12)18-8-7-16(2)3/h5-6,10-11H,7-9,15H2,1-4H3. The Labute approximate surface area is 110 Å². The Balaban J connectivity index is 2.76. The lowest BCUT2D eigenvalue weighted by atomic mass is 10.1. The van der Waals surface area contributed by atoms with Crippen LogP contribution in [0.15, 0.2) is 18.2 Å².